The fourth-order valence-corrected chi connectivity index (χ4v) is 6.03. The number of benzene rings is 3. The highest BCUT2D eigenvalue weighted by Crippen LogP contribution is 2.49. The van der Waals surface area contributed by atoms with Gasteiger partial charge < -0.3 is 19.2 Å². The Morgan fingerprint density at radius 2 is 1.92 bits per heavy atom. The zero-order valence-corrected chi connectivity index (χ0v) is 21.1. The molecule has 1 amide bonds. The molecule has 1 N–H and O–H groups in total. The summed E-state index contributed by atoms with van der Waals surface area (Å²) in [4.78, 5) is 22.7. The number of ether oxygens (including phenoxy) is 1. The number of hydrogen-bond acceptors (Lipinski definition) is 4. The van der Waals surface area contributed by atoms with Gasteiger partial charge in [0.15, 0.2) is 0 Å². The van der Waals surface area contributed by atoms with E-state index in [1.807, 2.05) is 53.4 Å². The molecule has 0 aliphatic carbocycles. The van der Waals surface area contributed by atoms with Crippen LogP contribution in [0.2, 0.25) is 0 Å². The third kappa shape index (κ3) is 3.56. The lowest BCUT2D eigenvalue weighted by Gasteiger charge is -2.24. The minimum absolute atomic E-state index is 0.00223. The molecule has 0 spiro atoms. The second-order valence-corrected chi connectivity index (χ2v) is 9.92. The van der Waals surface area contributed by atoms with Crippen LogP contribution in [0.25, 0.3) is 27.8 Å². The number of carbonyl (C=O) groups excluding carboxylic acids is 1. The molecule has 7 nitrogen and oxygen atoms in total. The van der Waals surface area contributed by atoms with Gasteiger partial charge in [-0.2, -0.15) is 8.78 Å². The molecule has 9 heteroatoms. The molecular weight excluding hydrogens is 500 g/mol. The monoisotopic (exact) mass is 528 g/mol. The summed E-state index contributed by atoms with van der Waals surface area (Å²) < 4.78 is 62.2. The number of hydrogen-bond donors (Lipinski definition) is 1. The molecule has 5 aromatic rings. The Bertz CT molecular complexity index is 1900. The number of amides is 1. The molecule has 196 valence electrons. The summed E-state index contributed by atoms with van der Waals surface area (Å²) in [6.07, 6.45) is 2.25. The average molecular weight is 529 g/mol. The summed E-state index contributed by atoms with van der Waals surface area (Å²) in [7, 11) is 0. The number of nitrogens with one attached hydrogen (secondary N) is 1. The molecule has 2 aliphatic rings. The highest BCUT2D eigenvalue weighted by atomic mass is 19.3. The van der Waals surface area contributed by atoms with Crippen molar-refractivity contribution in [2.75, 3.05) is 0 Å². The van der Waals surface area contributed by atoms with E-state index in [-0.39, 0.29) is 28.0 Å². The summed E-state index contributed by atoms with van der Waals surface area (Å²) in [5, 5.41) is 2.94. The molecule has 2 aromatic heterocycles. The molecule has 0 fully saturated rings. The van der Waals surface area contributed by atoms with Crippen molar-refractivity contribution in [1.82, 2.24) is 24.4 Å². The van der Waals surface area contributed by atoms with Crippen LogP contribution in [0.1, 0.15) is 61.4 Å². The largest absolute Gasteiger partial charge is 0.434 e. The SMILES string of the molecule is [2H]C([2H])([2H])c1c(-c2ccc(-n3cc(C)nc3C)cc2)c(OC(F)F)cc2c1[C@H]1C[C@@H](NC2=O)c2nc3ccccc3n21. The zero-order chi connectivity index (χ0) is 29.5. The van der Waals surface area contributed by atoms with E-state index in [4.69, 9.17) is 13.8 Å². The van der Waals surface area contributed by atoms with E-state index >= 15 is 0 Å². The van der Waals surface area contributed by atoms with Gasteiger partial charge in [0.2, 0.25) is 0 Å². The number of alkyl halides is 2. The summed E-state index contributed by atoms with van der Waals surface area (Å²) in [6.45, 7) is -2.28. The second kappa shape index (κ2) is 8.49. The number of rotatable bonds is 4. The van der Waals surface area contributed by atoms with Gasteiger partial charge in [-0.1, -0.05) is 24.3 Å². The van der Waals surface area contributed by atoms with Gasteiger partial charge in [-0.05, 0) is 74.1 Å². The Labute approximate surface area is 227 Å². The maximum atomic E-state index is 13.8. The van der Waals surface area contributed by atoms with Crippen LogP contribution in [0.3, 0.4) is 0 Å². The fourth-order valence-electron chi connectivity index (χ4n) is 6.03. The van der Waals surface area contributed by atoms with Crippen LogP contribution in [0, 0.1) is 20.7 Å². The number of para-hydroxylation sites is 2. The molecule has 2 aliphatic heterocycles. The van der Waals surface area contributed by atoms with Crippen molar-refractivity contribution in [1.29, 1.82) is 0 Å². The Morgan fingerprint density at radius 1 is 1.13 bits per heavy atom. The highest BCUT2D eigenvalue weighted by Gasteiger charge is 2.42. The fraction of sp³-hybridized carbons (Fsp3) is 0.233. The Morgan fingerprint density at radius 3 is 2.64 bits per heavy atom. The van der Waals surface area contributed by atoms with Crippen molar-refractivity contribution in [2.45, 2.75) is 45.8 Å². The van der Waals surface area contributed by atoms with Crippen LogP contribution < -0.4 is 10.1 Å². The number of aryl methyl sites for hydroxylation is 2. The van der Waals surface area contributed by atoms with Gasteiger partial charge in [0.05, 0.1) is 28.8 Å². The smallest absolute Gasteiger partial charge is 0.387 e. The van der Waals surface area contributed by atoms with Crippen LogP contribution in [0.4, 0.5) is 8.78 Å². The van der Waals surface area contributed by atoms with Crippen LogP contribution >= 0.6 is 0 Å². The molecule has 2 atom stereocenters. The topological polar surface area (TPSA) is 74.0 Å². The lowest BCUT2D eigenvalue weighted by Crippen LogP contribution is -2.28. The highest BCUT2D eigenvalue weighted by molar-refractivity contribution is 5.99. The van der Waals surface area contributed by atoms with Crippen LogP contribution in [0.15, 0.2) is 60.8 Å². The van der Waals surface area contributed by atoms with Crippen molar-refractivity contribution < 1.29 is 22.4 Å². The molecule has 0 radical (unpaired) electrons. The first kappa shape index (κ1) is 20.4. The van der Waals surface area contributed by atoms with E-state index in [0.29, 0.717) is 23.3 Å². The molecule has 4 heterocycles. The standard InChI is InChI=1S/C30H25F2N5O2/c1-15-14-36(17(3)33-15)19-10-8-18(9-11-19)26-16(2)27-20(12-25(26)39-30(31)32)29(38)35-22-13-24(27)37-23-7-5-4-6-21(23)34-28(22)37/h4-12,14,22,24,30H,13H2,1-3H3,(H,35,38)/t22-,24-/m1/s1/i2D3. The van der Waals surface area contributed by atoms with Gasteiger partial charge in [0.25, 0.3) is 5.91 Å². The zero-order valence-electron chi connectivity index (χ0n) is 24.1. The predicted molar refractivity (Wildman–Crippen MR) is 143 cm³/mol. The van der Waals surface area contributed by atoms with Crippen LogP contribution in [-0.4, -0.2) is 31.6 Å². The number of fused-ring (bicyclic) bond motifs is 9. The van der Waals surface area contributed by atoms with E-state index in [2.05, 4.69) is 10.3 Å². The van der Waals surface area contributed by atoms with Crippen LogP contribution in [-0.2, 0) is 0 Å². The average Bonchev–Trinajstić information content (AvgIpc) is 3.56. The number of imidazole rings is 2. The molecule has 39 heavy (non-hydrogen) atoms. The Kier molecular flexibility index (Phi) is 4.45. The maximum absolute atomic E-state index is 13.8. The van der Waals surface area contributed by atoms with Gasteiger partial charge in [-0.3, -0.25) is 4.79 Å². The summed E-state index contributed by atoms with van der Waals surface area (Å²) in [5.41, 5.74) is 3.55. The lowest BCUT2D eigenvalue weighted by atomic mass is 9.87. The Hall–Kier alpha value is -4.53. The van der Waals surface area contributed by atoms with Gasteiger partial charge in [-0.25, -0.2) is 9.97 Å². The minimum atomic E-state index is -3.24. The third-order valence-electron chi connectivity index (χ3n) is 7.57. The van der Waals surface area contributed by atoms with Crippen molar-refractivity contribution >= 4 is 16.9 Å². The van der Waals surface area contributed by atoms with E-state index in [9.17, 15) is 13.6 Å². The molecule has 0 unspecified atom stereocenters. The minimum Gasteiger partial charge on any atom is -0.434 e. The second-order valence-electron chi connectivity index (χ2n) is 9.92. The first-order valence-electron chi connectivity index (χ1n) is 14.1. The number of aromatic nitrogens is 4. The molecular formula is C30H25F2N5O2. The van der Waals surface area contributed by atoms with E-state index in [1.165, 1.54) is 6.07 Å². The van der Waals surface area contributed by atoms with Gasteiger partial charge in [0.1, 0.15) is 17.4 Å². The molecule has 0 saturated carbocycles. The molecule has 3 aromatic carbocycles. The van der Waals surface area contributed by atoms with E-state index in [0.717, 1.165) is 22.7 Å². The first-order valence-corrected chi connectivity index (χ1v) is 12.6. The Balaban J connectivity index is 1.51. The molecule has 7 rings (SSSR count). The van der Waals surface area contributed by atoms with Crippen molar-refractivity contribution in [2.24, 2.45) is 0 Å². The van der Waals surface area contributed by atoms with E-state index < -0.39 is 31.5 Å². The van der Waals surface area contributed by atoms with E-state index in [1.54, 1.807) is 24.3 Å². The summed E-state index contributed by atoms with van der Waals surface area (Å²) >= 11 is 0. The normalized spacial score (nSPS) is 19.2. The van der Waals surface area contributed by atoms with Crippen molar-refractivity contribution in [3.05, 3.63) is 94.8 Å². The number of carbonyl (C=O) groups is 1. The van der Waals surface area contributed by atoms with Crippen molar-refractivity contribution in [3.63, 3.8) is 0 Å². The third-order valence-corrected chi connectivity index (χ3v) is 7.57. The van der Waals surface area contributed by atoms with Gasteiger partial charge >= 0.3 is 6.61 Å². The number of halogens is 2. The van der Waals surface area contributed by atoms with Gasteiger partial charge in [-0.15, -0.1) is 0 Å². The summed E-state index contributed by atoms with van der Waals surface area (Å²) in [6, 6.07) is 14.6. The predicted octanol–water partition coefficient (Wildman–Crippen LogP) is 6.19. The van der Waals surface area contributed by atoms with Gasteiger partial charge in [0, 0.05) is 27.1 Å². The van der Waals surface area contributed by atoms with Crippen molar-refractivity contribution in [3.8, 4) is 22.6 Å². The quantitative estimate of drug-likeness (QED) is 0.302. The maximum Gasteiger partial charge on any atom is 0.387 e. The molecule has 0 saturated heterocycles. The lowest BCUT2D eigenvalue weighted by molar-refractivity contribution is -0.0495. The molecule has 2 bridgehead atoms. The number of nitrogens with zero attached hydrogens (tertiary/aromatic N) is 4. The van der Waals surface area contributed by atoms with Crippen LogP contribution in [0.5, 0.6) is 5.75 Å². The first-order chi connectivity index (χ1) is 20.0. The summed E-state index contributed by atoms with van der Waals surface area (Å²) in [5.74, 6) is 0.455.